The van der Waals surface area contributed by atoms with Crippen molar-refractivity contribution in [1.82, 2.24) is 0 Å². The lowest BCUT2D eigenvalue weighted by molar-refractivity contribution is -0.115. The maximum atomic E-state index is 11.9. The number of anilines is 2. The van der Waals surface area contributed by atoms with Crippen LogP contribution in [0, 0.1) is 0 Å². The molecular weight excluding hydrogens is 292 g/mol. The van der Waals surface area contributed by atoms with E-state index in [0.717, 1.165) is 17.1 Å². The first-order valence-corrected chi connectivity index (χ1v) is 7.37. The van der Waals surface area contributed by atoms with Gasteiger partial charge in [-0.2, -0.15) is 0 Å². The number of benzene rings is 2. The average molecular weight is 312 g/mol. The molecule has 0 aromatic heterocycles. The second-order valence-corrected chi connectivity index (χ2v) is 5.09. The highest BCUT2D eigenvalue weighted by molar-refractivity contribution is 5.94. The normalized spacial score (nSPS) is 10.0. The molecule has 2 aromatic rings. The molecule has 0 atom stereocenters. The summed E-state index contributed by atoms with van der Waals surface area (Å²) in [5, 5.41) is 5.98. The minimum atomic E-state index is -0.0666. The fraction of sp³-hybridized carbons (Fsp3) is 0.222. The highest BCUT2D eigenvalue weighted by Gasteiger charge is 2.03. The van der Waals surface area contributed by atoms with Crippen LogP contribution in [0.5, 0.6) is 5.75 Å². The molecule has 0 saturated carbocycles. The minimum Gasteiger partial charge on any atom is -0.497 e. The van der Waals surface area contributed by atoms with Gasteiger partial charge in [0.25, 0.3) is 0 Å². The number of carbonyl (C=O) groups is 2. The van der Waals surface area contributed by atoms with Gasteiger partial charge in [0, 0.05) is 29.9 Å². The number of ether oxygens (including phenoxy) is 1. The summed E-state index contributed by atoms with van der Waals surface area (Å²) in [5.41, 5.74) is 2.29. The van der Waals surface area contributed by atoms with Crippen LogP contribution < -0.4 is 15.4 Å². The maximum absolute atomic E-state index is 11.9. The van der Waals surface area contributed by atoms with Gasteiger partial charge in [-0.1, -0.05) is 0 Å². The predicted octanol–water partition coefficient (Wildman–Crippen LogP) is 3.34. The van der Waals surface area contributed by atoms with Crippen LogP contribution in [-0.4, -0.2) is 25.3 Å². The molecule has 2 N–H and O–H groups in total. The fourth-order valence-corrected chi connectivity index (χ4v) is 2.04. The Labute approximate surface area is 135 Å². The first-order valence-electron chi connectivity index (χ1n) is 7.37. The Hall–Kier alpha value is -2.82. The quantitative estimate of drug-likeness (QED) is 0.770. The number of carbonyl (C=O) groups excluding carboxylic acids is 2. The van der Waals surface area contributed by atoms with E-state index < -0.39 is 0 Å². The zero-order valence-electron chi connectivity index (χ0n) is 13.3. The molecule has 120 valence electrons. The van der Waals surface area contributed by atoms with E-state index in [9.17, 15) is 9.59 Å². The highest BCUT2D eigenvalue weighted by Crippen LogP contribution is 2.15. The molecule has 0 bridgehead atoms. The highest BCUT2D eigenvalue weighted by atomic mass is 16.5. The first kappa shape index (κ1) is 16.5. The van der Waals surface area contributed by atoms with E-state index in [4.69, 9.17) is 4.74 Å². The number of methoxy groups -OCH3 is 1. The van der Waals surface area contributed by atoms with Gasteiger partial charge in [-0.3, -0.25) is 9.59 Å². The Morgan fingerprint density at radius 2 is 1.57 bits per heavy atom. The number of amides is 1. The van der Waals surface area contributed by atoms with Crippen LogP contribution in [0.3, 0.4) is 0 Å². The molecule has 0 aliphatic carbocycles. The van der Waals surface area contributed by atoms with Gasteiger partial charge >= 0.3 is 0 Å². The summed E-state index contributed by atoms with van der Waals surface area (Å²) in [6.07, 6.45) is 0.348. The summed E-state index contributed by atoms with van der Waals surface area (Å²) in [7, 11) is 1.60. The molecule has 0 heterocycles. The molecule has 0 unspecified atom stereocenters. The molecule has 2 rings (SSSR count). The van der Waals surface area contributed by atoms with Gasteiger partial charge in [0.15, 0.2) is 5.78 Å². The fourth-order valence-electron chi connectivity index (χ4n) is 2.04. The third-order valence-corrected chi connectivity index (χ3v) is 3.35. The molecule has 0 aliphatic rings. The van der Waals surface area contributed by atoms with Crippen LogP contribution in [0.1, 0.15) is 23.7 Å². The summed E-state index contributed by atoms with van der Waals surface area (Å²) in [5.74, 6) is 0.720. The van der Waals surface area contributed by atoms with Gasteiger partial charge in [0.1, 0.15) is 5.75 Å². The Kier molecular flexibility index (Phi) is 5.74. The van der Waals surface area contributed by atoms with Gasteiger partial charge in [0.2, 0.25) is 5.91 Å². The van der Waals surface area contributed by atoms with Crippen LogP contribution in [0.15, 0.2) is 48.5 Å². The standard InChI is InChI=1S/C18H20N2O3/c1-13(21)14-3-5-15(6-4-14)19-12-11-18(22)20-16-7-9-17(23-2)10-8-16/h3-10,19H,11-12H2,1-2H3,(H,20,22). The second kappa shape index (κ2) is 7.98. The van der Waals surface area contributed by atoms with Crippen molar-refractivity contribution in [2.24, 2.45) is 0 Å². The van der Waals surface area contributed by atoms with Gasteiger partial charge in [-0.05, 0) is 55.5 Å². The van der Waals surface area contributed by atoms with E-state index in [0.29, 0.717) is 18.5 Å². The molecule has 0 aliphatic heterocycles. The summed E-state index contributed by atoms with van der Waals surface area (Å²) >= 11 is 0. The topological polar surface area (TPSA) is 67.4 Å². The SMILES string of the molecule is COc1ccc(NC(=O)CCNc2ccc(C(C)=O)cc2)cc1. The summed E-state index contributed by atoms with van der Waals surface area (Å²) in [6.45, 7) is 2.05. The van der Waals surface area contributed by atoms with Crippen LogP contribution >= 0.6 is 0 Å². The molecule has 0 radical (unpaired) electrons. The summed E-state index contributed by atoms with van der Waals surface area (Å²) in [6, 6.07) is 14.4. The number of Topliss-reactive ketones (excluding diaryl/α,β-unsaturated/α-hetero) is 1. The zero-order valence-corrected chi connectivity index (χ0v) is 13.3. The van der Waals surface area contributed by atoms with Crippen molar-refractivity contribution in [2.45, 2.75) is 13.3 Å². The lowest BCUT2D eigenvalue weighted by Gasteiger charge is -2.08. The van der Waals surface area contributed by atoms with E-state index in [1.165, 1.54) is 6.92 Å². The molecule has 0 fully saturated rings. The van der Waals surface area contributed by atoms with Crippen molar-refractivity contribution in [3.63, 3.8) is 0 Å². The lowest BCUT2D eigenvalue weighted by atomic mass is 10.1. The van der Waals surface area contributed by atoms with Gasteiger partial charge in [0.05, 0.1) is 7.11 Å². The van der Waals surface area contributed by atoms with Crippen LogP contribution in [0.4, 0.5) is 11.4 Å². The Morgan fingerprint density at radius 3 is 2.13 bits per heavy atom. The summed E-state index contributed by atoms with van der Waals surface area (Å²) < 4.78 is 5.07. The minimum absolute atomic E-state index is 0.0374. The van der Waals surface area contributed by atoms with E-state index in [1.807, 2.05) is 12.1 Å². The molecule has 0 spiro atoms. The Balaban J connectivity index is 1.76. The molecule has 1 amide bonds. The van der Waals surface area contributed by atoms with Crippen LogP contribution in [-0.2, 0) is 4.79 Å². The lowest BCUT2D eigenvalue weighted by Crippen LogP contribution is -2.16. The number of ketones is 1. The smallest absolute Gasteiger partial charge is 0.226 e. The molecule has 5 nitrogen and oxygen atoms in total. The summed E-state index contributed by atoms with van der Waals surface area (Å²) in [4.78, 5) is 23.1. The molecule has 0 saturated heterocycles. The van der Waals surface area contributed by atoms with Crippen molar-refractivity contribution in [1.29, 1.82) is 0 Å². The number of rotatable bonds is 7. The molecule has 5 heteroatoms. The van der Waals surface area contributed by atoms with Crippen LogP contribution in [0.25, 0.3) is 0 Å². The van der Waals surface area contributed by atoms with Crippen molar-refractivity contribution in [2.75, 3.05) is 24.3 Å². The third kappa shape index (κ3) is 5.14. The first-order chi connectivity index (χ1) is 11.1. The van der Waals surface area contributed by atoms with Gasteiger partial charge in [-0.15, -0.1) is 0 Å². The largest absolute Gasteiger partial charge is 0.497 e. The maximum Gasteiger partial charge on any atom is 0.226 e. The van der Waals surface area contributed by atoms with E-state index >= 15 is 0 Å². The van der Waals surface area contributed by atoms with E-state index in [-0.39, 0.29) is 11.7 Å². The van der Waals surface area contributed by atoms with Gasteiger partial charge < -0.3 is 15.4 Å². The van der Waals surface area contributed by atoms with Gasteiger partial charge in [-0.25, -0.2) is 0 Å². The van der Waals surface area contributed by atoms with E-state index in [1.54, 1.807) is 43.5 Å². The molecular formula is C18H20N2O3. The van der Waals surface area contributed by atoms with Crippen LogP contribution in [0.2, 0.25) is 0 Å². The van der Waals surface area contributed by atoms with Crippen molar-refractivity contribution in [3.8, 4) is 5.75 Å². The van der Waals surface area contributed by atoms with Crippen molar-refractivity contribution >= 4 is 23.1 Å². The predicted molar refractivity (Wildman–Crippen MR) is 91.2 cm³/mol. The van der Waals surface area contributed by atoms with Crippen molar-refractivity contribution < 1.29 is 14.3 Å². The number of hydrogen-bond donors (Lipinski definition) is 2. The van der Waals surface area contributed by atoms with Crippen molar-refractivity contribution in [3.05, 3.63) is 54.1 Å². The number of hydrogen-bond acceptors (Lipinski definition) is 4. The Bertz CT molecular complexity index is 664. The molecule has 2 aromatic carbocycles. The molecule has 23 heavy (non-hydrogen) atoms. The Morgan fingerprint density at radius 1 is 0.957 bits per heavy atom. The third-order valence-electron chi connectivity index (χ3n) is 3.35. The zero-order chi connectivity index (χ0) is 16.7. The second-order valence-electron chi connectivity index (χ2n) is 5.09. The average Bonchev–Trinajstić information content (AvgIpc) is 2.56. The number of nitrogens with one attached hydrogen (secondary N) is 2. The van der Waals surface area contributed by atoms with E-state index in [2.05, 4.69) is 10.6 Å². The monoisotopic (exact) mass is 312 g/mol.